The van der Waals surface area contributed by atoms with E-state index in [1.807, 2.05) is 27.7 Å². The van der Waals surface area contributed by atoms with Crippen molar-refractivity contribution in [3.63, 3.8) is 0 Å². The second-order valence-corrected chi connectivity index (χ2v) is 5.85. The minimum absolute atomic E-state index is 0.0700. The van der Waals surface area contributed by atoms with Crippen molar-refractivity contribution in [2.24, 2.45) is 11.1 Å². The third-order valence-electron chi connectivity index (χ3n) is 4.05. The van der Waals surface area contributed by atoms with Gasteiger partial charge in [0.05, 0.1) is 5.41 Å². The molecule has 0 saturated carbocycles. The number of hydrogen-bond donors (Lipinski definition) is 3. The molecule has 1 aromatic rings. The summed E-state index contributed by atoms with van der Waals surface area (Å²) in [5.74, 6) is -0.189. The van der Waals surface area contributed by atoms with Gasteiger partial charge >= 0.3 is 0 Å². The van der Waals surface area contributed by atoms with Crippen molar-refractivity contribution >= 4 is 17.5 Å². The zero-order chi connectivity index (χ0) is 16.8. The smallest absolute Gasteiger partial charge is 0.251 e. The van der Waals surface area contributed by atoms with Crippen molar-refractivity contribution in [1.82, 2.24) is 5.32 Å². The summed E-state index contributed by atoms with van der Waals surface area (Å²) in [7, 11) is 0. The molecule has 0 aromatic heterocycles. The second kappa shape index (κ2) is 7.94. The molecule has 122 valence electrons. The summed E-state index contributed by atoms with van der Waals surface area (Å²) in [6.07, 6.45) is 1.39. The summed E-state index contributed by atoms with van der Waals surface area (Å²) in [6.45, 7) is 8.08. The van der Waals surface area contributed by atoms with E-state index in [2.05, 4.69) is 10.6 Å². The van der Waals surface area contributed by atoms with Gasteiger partial charge in [0, 0.05) is 23.8 Å². The molecule has 0 spiro atoms. The average Bonchev–Trinajstić information content (AvgIpc) is 2.49. The van der Waals surface area contributed by atoms with Crippen molar-refractivity contribution in [2.45, 2.75) is 46.6 Å². The Morgan fingerprint density at radius 3 is 2.09 bits per heavy atom. The summed E-state index contributed by atoms with van der Waals surface area (Å²) < 4.78 is 0. The fraction of sp³-hybridized carbons (Fsp3) is 0.529. The first kappa shape index (κ1) is 18.2. The molecule has 0 fully saturated rings. The lowest BCUT2D eigenvalue weighted by atomic mass is 9.81. The van der Waals surface area contributed by atoms with E-state index in [-0.39, 0.29) is 17.9 Å². The molecule has 0 saturated heterocycles. The van der Waals surface area contributed by atoms with E-state index in [1.165, 1.54) is 0 Å². The Morgan fingerprint density at radius 1 is 1.14 bits per heavy atom. The maximum absolute atomic E-state index is 12.4. The Labute approximate surface area is 132 Å². The number of amides is 2. The van der Waals surface area contributed by atoms with Crippen LogP contribution in [0.3, 0.4) is 0 Å². The van der Waals surface area contributed by atoms with E-state index < -0.39 is 5.41 Å². The molecule has 5 heteroatoms. The van der Waals surface area contributed by atoms with Crippen LogP contribution in [0.5, 0.6) is 0 Å². The van der Waals surface area contributed by atoms with Crippen LogP contribution in [0.25, 0.3) is 0 Å². The predicted molar refractivity (Wildman–Crippen MR) is 89.7 cm³/mol. The van der Waals surface area contributed by atoms with Crippen LogP contribution >= 0.6 is 0 Å². The molecule has 0 unspecified atom stereocenters. The normalized spacial score (nSPS) is 11.4. The van der Waals surface area contributed by atoms with Crippen LogP contribution in [0, 0.1) is 5.41 Å². The molecule has 22 heavy (non-hydrogen) atoms. The van der Waals surface area contributed by atoms with Crippen molar-refractivity contribution < 1.29 is 9.59 Å². The molecule has 1 rings (SSSR count). The molecule has 0 atom stereocenters. The van der Waals surface area contributed by atoms with Gasteiger partial charge in [0.15, 0.2) is 0 Å². The molecule has 4 N–H and O–H groups in total. The number of rotatable bonds is 7. The highest BCUT2D eigenvalue weighted by Crippen LogP contribution is 2.27. The van der Waals surface area contributed by atoms with Gasteiger partial charge in [-0.2, -0.15) is 0 Å². The van der Waals surface area contributed by atoms with Crippen LogP contribution in [-0.2, 0) is 4.79 Å². The van der Waals surface area contributed by atoms with Crippen LogP contribution in [-0.4, -0.2) is 24.4 Å². The highest BCUT2D eigenvalue weighted by Gasteiger charge is 2.33. The average molecular weight is 305 g/mol. The Morgan fingerprint density at radius 2 is 1.68 bits per heavy atom. The van der Waals surface area contributed by atoms with E-state index in [9.17, 15) is 9.59 Å². The van der Waals surface area contributed by atoms with Gasteiger partial charge in [0.1, 0.15) is 0 Å². The monoisotopic (exact) mass is 305 g/mol. The number of nitrogens with one attached hydrogen (secondary N) is 2. The second-order valence-electron chi connectivity index (χ2n) is 5.85. The van der Waals surface area contributed by atoms with Crippen LogP contribution in [0.4, 0.5) is 5.69 Å². The number of carbonyl (C=O) groups is 2. The fourth-order valence-corrected chi connectivity index (χ4v) is 2.27. The molecule has 0 radical (unpaired) electrons. The first-order valence-electron chi connectivity index (χ1n) is 7.81. The van der Waals surface area contributed by atoms with Crippen LogP contribution in [0.2, 0.25) is 0 Å². The van der Waals surface area contributed by atoms with Crippen molar-refractivity contribution in [3.05, 3.63) is 29.8 Å². The van der Waals surface area contributed by atoms with Crippen LogP contribution in [0.1, 0.15) is 50.9 Å². The number of benzene rings is 1. The van der Waals surface area contributed by atoms with Gasteiger partial charge in [-0.25, -0.2) is 0 Å². The zero-order valence-electron chi connectivity index (χ0n) is 13.9. The highest BCUT2D eigenvalue weighted by atomic mass is 16.2. The standard InChI is InChI=1S/C17H27N3O2/c1-5-17(6-2,11-18)16(22)20-14-9-7-13(8-10-14)15(21)19-12(3)4/h7-10,12H,5-6,11,18H2,1-4H3,(H,19,21)(H,20,22). The Hall–Kier alpha value is -1.88. The Balaban J connectivity index is 2.80. The molecule has 0 aliphatic rings. The minimum atomic E-state index is -0.534. The lowest BCUT2D eigenvalue weighted by Crippen LogP contribution is -2.41. The van der Waals surface area contributed by atoms with Gasteiger partial charge in [-0.15, -0.1) is 0 Å². The molecule has 0 aliphatic carbocycles. The maximum Gasteiger partial charge on any atom is 0.251 e. The largest absolute Gasteiger partial charge is 0.350 e. The van der Waals surface area contributed by atoms with Crippen LogP contribution < -0.4 is 16.4 Å². The molecule has 0 bridgehead atoms. The third-order valence-corrected chi connectivity index (χ3v) is 4.05. The van der Waals surface area contributed by atoms with Crippen molar-refractivity contribution in [2.75, 3.05) is 11.9 Å². The van der Waals surface area contributed by atoms with Crippen LogP contribution in [0.15, 0.2) is 24.3 Å². The van der Waals surface area contributed by atoms with Crippen molar-refractivity contribution in [3.8, 4) is 0 Å². The lowest BCUT2D eigenvalue weighted by molar-refractivity contribution is -0.125. The SMILES string of the molecule is CCC(CC)(CN)C(=O)Nc1ccc(C(=O)NC(C)C)cc1. The molecular formula is C17H27N3O2. The highest BCUT2D eigenvalue weighted by molar-refractivity contribution is 5.97. The maximum atomic E-state index is 12.4. The van der Waals surface area contributed by atoms with Gasteiger partial charge in [-0.3, -0.25) is 9.59 Å². The van der Waals surface area contributed by atoms with Gasteiger partial charge in [0.25, 0.3) is 5.91 Å². The Kier molecular flexibility index (Phi) is 6.56. The summed E-state index contributed by atoms with van der Waals surface area (Å²) in [6, 6.07) is 6.97. The first-order chi connectivity index (χ1) is 10.4. The summed E-state index contributed by atoms with van der Waals surface area (Å²) in [5, 5.41) is 5.72. The van der Waals surface area contributed by atoms with Gasteiger partial charge in [-0.1, -0.05) is 13.8 Å². The molecule has 0 heterocycles. The molecular weight excluding hydrogens is 278 g/mol. The van der Waals surface area contributed by atoms with E-state index in [0.29, 0.717) is 30.6 Å². The summed E-state index contributed by atoms with van der Waals surface area (Å²) >= 11 is 0. The van der Waals surface area contributed by atoms with Gasteiger partial charge < -0.3 is 16.4 Å². The first-order valence-corrected chi connectivity index (χ1v) is 7.81. The molecule has 2 amide bonds. The van der Waals surface area contributed by atoms with E-state index in [0.717, 1.165) is 0 Å². The molecule has 0 aliphatic heterocycles. The quantitative estimate of drug-likeness (QED) is 0.723. The van der Waals surface area contributed by atoms with E-state index >= 15 is 0 Å². The Bertz CT molecular complexity index is 497. The van der Waals surface area contributed by atoms with E-state index in [4.69, 9.17) is 5.73 Å². The summed E-state index contributed by atoms with van der Waals surface area (Å²) in [4.78, 5) is 24.3. The topological polar surface area (TPSA) is 84.2 Å². The number of nitrogens with two attached hydrogens (primary N) is 1. The predicted octanol–water partition coefficient (Wildman–Crippen LogP) is 2.53. The van der Waals surface area contributed by atoms with Gasteiger partial charge in [-0.05, 0) is 51.0 Å². The molecule has 1 aromatic carbocycles. The van der Waals surface area contributed by atoms with E-state index in [1.54, 1.807) is 24.3 Å². The third kappa shape index (κ3) is 4.31. The lowest BCUT2D eigenvalue weighted by Gasteiger charge is -2.28. The number of hydrogen-bond acceptors (Lipinski definition) is 3. The number of carbonyl (C=O) groups excluding carboxylic acids is 2. The zero-order valence-corrected chi connectivity index (χ0v) is 13.9. The number of anilines is 1. The molecule has 5 nitrogen and oxygen atoms in total. The van der Waals surface area contributed by atoms with Gasteiger partial charge in [0.2, 0.25) is 5.91 Å². The minimum Gasteiger partial charge on any atom is -0.350 e. The summed E-state index contributed by atoms with van der Waals surface area (Å²) in [5.41, 5.74) is 6.49. The fourth-order valence-electron chi connectivity index (χ4n) is 2.27. The van der Waals surface area contributed by atoms with Crippen molar-refractivity contribution in [1.29, 1.82) is 0 Å².